The molecule has 0 bridgehead atoms. The number of benzene rings is 2. The molecule has 9 heteroatoms. The van der Waals surface area contributed by atoms with E-state index in [4.69, 9.17) is 0 Å². The molecule has 6 nitrogen and oxygen atoms in total. The van der Waals surface area contributed by atoms with Crippen LogP contribution in [0.15, 0.2) is 53.5 Å². The molecule has 0 aliphatic heterocycles. The van der Waals surface area contributed by atoms with E-state index in [9.17, 15) is 18.0 Å². The molecule has 2 aromatic carbocycles. The number of alkyl halides is 3. The first-order valence-electron chi connectivity index (χ1n) is 9.28. The molecule has 0 fully saturated rings. The van der Waals surface area contributed by atoms with E-state index in [-0.39, 0.29) is 11.7 Å². The van der Waals surface area contributed by atoms with E-state index in [0.29, 0.717) is 31.0 Å². The summed E-state index contributed by atoms with van der Waals surface area (Å²) in [6.45, 7) is 1.08. The van der Waals surface area contributed by atoms with E-state index >= 15 is 0 Å². The topological polar surface area (TPSA) is 66.0 Å². The molecule has 0 spiro atoms. The van der Waals surface area contributed by atoms with Crippen molar-refractivity contribution in [3.05, 3.63) is 65.2 Å². The Kier molecular flexibility index (Phi) is 8.08. The zero-order valence-corrected chi connectivity index (χ0v) is 17.1. The summed E-state index contributed by atoms with van der Waals surface area (Å²) in [5.41, 5.74) is 2.49. The Balaban J connectivity index is 1.78. The molecule has 0 aliphatic carbocycles. The van der Waals surface area contributed by atoms with Crippen LogP contribution in [-0.2, 0) is 13.0 Å². The van der Waals surface area contributed by atoms with Gasteiger partial charge in [-0.15, -0.1) is 13.2 Å². The lowest BCUT2D eigenvalue weighted by atomic mass is 10.1. The zero-order chi connectivity index (χ0) is 22.1. The minimum Gasteiger partial charge on any atom is -0.406 e. The minimum absolute atomic E-state index is 0.0509. The van der Waals surface area contributed by atoms with E-state index in [2.05, 4.69) is 20.4 Å². The highest BCUT2D eigenvalue weighted by Crippen LogP contribution is 2.22. The molecular formula is C21H25F3N4O2. The molecule has 0 saturated carbocycles. The number of rotatable bonds is 7. The molecule has 0 radical (unpaired) electrons. The maximum absolute atomic E-state index is 12.2. The lowest BCUT2D eigenvalue weighted by molar-refractivity contribution is -0.274. The van der Waals surface area contributed by atoms with Gasteiger partial charge < -0.3 is 20.3 Å². The maximum atomic E-state index is 12.2. The van der Waals surface area contributed by atoms with Gasteiger partial charge in [0, 0.05) is 39.8 Å². The van der Waals surface area contributed by atoms with Gasteiger partial charge in [0.15, 0.2) is 5.96 Å². The van der Waals surface area contributed by atoms with Crippen LogP contribution in [0.2, 0.25) is 0 Å². The van der Waals surface area contributed by atoms with Crippen LogP contribution in [0.5, 0.6) is 5.75 Å². The monoisotopic (exact) mass is 422 g/mol. The number of hydrogen-bond donors (Lipinski definition) is 2. The number of carbonyl (C=O) groups excluding carboxylic acids is 1. The summed E-state index contributed by atoms with van der Waals surface area (Å²) in [4.78, 5) is 17.6. The van der Waals surface area contributed by atoms with Crippen LogP contribution >= 0.6 is 0 Å². The summed E-state index contributed by atoms with van der Waals surface area (Å²) in [5.74, 6) is 0.306. The Morgan fingerprint density at radius 1 is 1.00 bits per heavy atom. The molecular weight excluding hydrogens is 397 g/mol. The summed E-state index contributed by atoms with van der Waals surface area (Å²) in [6, 6.07) is 13.1. The molecule has 30 heavy (non-hydrogen) atoms. The van der Waals surface area contributed by atoms with Gasteiger partial charge in [-0.2, -0.15) is 0 Å². The van der Waals surface area contributed by atoms with Crippen molar-refractivity contribution in [2.45, 2.75) is 19.3 Å². The lowest BCUT2D eigenvalue weighted by Crippen LogP contribution is -2.37. The summed E-state index contributed by atoms with van der Waals surface area (Å²) in [5, 5.41) is 6.33. The Hall–Kier alpha value is -3.23. The molecule has 0 aromatic heterocycles. The molecule has 2 N–H and O–H groups in total. The van der Waals surface area contributed by atoms with Crippen molar-refractivity contribution in [1.29, 1.82) is 0 Å². The molecule has 0 unspecified atom stereocenters. The smallest absolute Gasteiger partial charge is 0.406 e. The number of aliphatic imine (C=N–C) groups is 1. The standard InChI is InChI=1S/C21H25F3N4O2/c1-25-20(27-14-16-4-8-17(9-5-16)19(29)28(2)3)26-13-12-15-6-10-18(11-7-15)30-21(22,23)24/h4-11H,12-14H2,1-3H3,(H2,25,26,27). The number of carbonyl (C=O) groups is 1. The molecule has 0 heterocycles. The third kappa shape index (κ3) is 7.65. The predicted octanol–water partition coefficient (Wildman–Crippen LogP) is 3.19. The van der Waals surface area contributed by atoms with Crippen LogP contribution in [0.25, 0.3) is 0 Å². The number of halogens is 3. The molecule has 2 aromatic rings. The molecule has 0 saturated heterocycles. The first kappa shape index (κ1) is 23.1. The average Bonchev–Trinajstić information content (AvgIpc) is 2.70. The summed E-state index contributed by atoms with van der Waals surface area (Å²) >= 11 is 0. The molecule has 2 rings (SSSR count). The molecule has 1 amide bonds. The normalized spacial score (nSPS) is 11.7. The molecule has 0 aliphatic rings. The van der Waals surface area contributed by atoms with E-state index in [1.54, 1.807) is 45.4 Å². The highest BCUT2D eigenvalue weighted by atomic mass is 19.4. The fourth-order valence-electron chi connectivity index (χ4n) is 2.61. The lowest BCUT2D eigenvalue weighted by Gasteiger charge is -2.13. The van der Waals surface area contributed by atoms with Crippen molar-refractivity contribution in [2.24, 2.45) is 4.99 Å². The van der Waals surface area contributed by atoms with E-state index in [0.717, 1.165) is 11.1 Å². The van der Waals surface area contributed by atoms with Gasteiger partial charge in [0.2, 0.25) is 0 Å². The Morgan fingerprint density at radius 2 is 1.60 bits per heavy atom. The van der Waals surface area contributed by atoms with E-state index < -0.39 is 6.36 Å². The number of amides is 1. The van der Waals surface area contributed by atoms with Crippen LogP contribution in [-0.4, -0.2) is 50.8 Å². The fraction of sp³-hybridized carbons (Fsp3) is 0.333. The predicted molar refractivity (Wildman–Crippen MR) is 109 cm³/mol. The van der Waals surface area contributed by atoms with Gasteiger partial charge in [-0.25, -0.2) is 0 Å². The largest absolute Gasteiger partial charge is 0.573 e. The first-order chi connectivity index (χ1) is 14.2. The minimum atomic E-state index is -4.69. The van der Waals surface area contributed by atoms with Gasteiger partial charge in [0.05, 0.1) is 0 Å². The summed E-state index contributed by atoms with van der Waals surface area (Å²) in [6.07, 6.45) is -4.09. The highest BCUT2D eigenvalue weighted by molar-refractivity contribution is 5.93. The second-order valence-electron chi connectivity index (χ2n) is 6.69. The van der Waals surface area contributed by atoms with Crippen LogP contribution in [0.3, 0.4) is 0 Å². The van der Waals surface area contributed by atoms with Gasteiger partial charge in [-0.3, -0.25) is 9.79 Å². The van der Waals surface area contributed by atoms with E-state index in [1.807, 2.05) is 12.1 Å². The van der Waals surface area contributed by atoms with Crippen molar-refractivity contribution in [1.82, 2.24) is 15.5 Å². The van der Waals surface area contributed by atoms with Gasteiger partial charge in [0.1, 0.15) is 5.75 Å². The third-order valence-electron chi connectivity index (χ3n) is 4.15. The Morgan fingerprint density at radius 3 is 2.13 bits per heavy atom. The van der Waals surface area contributed by atoms with Crippen LogP contribution in [0, 0.1) is 0 Å². The van der Waals surface area contributed by atoms with E-state index in [1.165, 1.54) is 17.0 Å². The maximum Gasteiger partial charge on any atom is 0.573 e. The number of nitrogens with zero attached hydrogens (tertiary/aromatic N) is 2. The van der Waals surface area contributed by atoms with Crippen LogP contribution in [0.1, 0.15) is 21.5 Å². The van der Waals surface area contributed by atoms with Crippen molar-refractivity contribution < 1.29 is 22.7 Å². The van der Waals surface area contributed by atoms with Gasteiger partial charge >= 0.3 is 6.36 Å². The van der Waals surface area contributed by atoms with Gasteiger partial charge in [-0.05, 0) is 41.8 Å². The number of ether oxygens (including phenoxy) is 1. The number of nitrogens with one attached hydrogen (secondary N) is 2. The number of guanidine groups is 1. The first-order valence-corrected chi connectivity index (χ1v) is 9.28. The quantitative estimate of drug-likeness (QED) is 0.531. The Labute approximate surface area is 173 Å². The van der Waals surface area contributed by atoms with Crippen molar-refractivity contribution >= 4 is 11.9 Å². The second-order valence-corrected chi connectivity index (χ2v) is 6.69. The SMILES string of the molecule is CN=C(NCCc1ccc(OC(F)(F)F)cc1)NCc1ccc(C(=O)N(C)C)cc1. The van der Waals surface area contributed by atoms with Crippen molar-refractivity contribution in [3.63, 3.8) is 0 Å². The summed E-state index contributed by atoms with van der Waals surface area (Å²) < 4.78 is 40.4. The third-order valence-corrected chi connectivity index (χ3v) is 4.15. The average molecular weight is 422 g/mol. The van der Waals surface area contributed by atoms with Gasteiger partial charge in [-0.1, -0.05) is 24.3 Å². The second kappa shape index (κ2) is 10.5. The summed E-state index contributed by atoms with van der Waals surface area (Å²) in [7, 11) is 5.06. The van der Waals surface area contributed by atoms with Crippen molar-refractivity contribution in [3.8, 4) is 5.75 Å². The van der Waals surface area contributed by atoms with Crippen molar-refractivity contribution in [2.75, 3.05) is 27.7 Å². The van der Waals surface area contributed by atoms with Gasteiger partial charge in [0.25, 0.3) is 5.91 Å². The number of hydrogen-bond acceptors (Lipinski definition) is 3. The van der Waals surface area contributed by atoms with Crippen LogP contribution in [0.4, 0.5) is 13.2 Å². The molecule has 162 valence electrons. The Bertz CT molecular complexity index is 848. The zero-order valence-electron chi connectivity index (χ0n) is 17.1. The van der Waals surface area contributed by atoms with Crippen LogP contribution < -0.4 is 15.4 Å². The highest BCUT2D eigenvalue weighted by Gasteiger charge is 2.30. The fourth-order valence-corrected chi connectivity index (χ4v) is 2.61. The molecule has 0 atom stereocenters.